The minimum atomic E-state index is -0.606. The molecule has 170 valence electrons. The second kappa shape index (κ2) is 9.85. The molecule has 2 heterocycles. The van der Waals surface area contributed by atoms with Crippen LogP contribution < -0.4 is 21.9 Å². The zero-order chi connectivity index (χ0) is 22.7. The van der Waals surface area contributed by atoms with Crippen LogP contribution in [0, 0.1) is 11.8 Å². The van der Waals surface area contributed by atoms with Crippen LogP contribution in [0.1, 0.15) is 74.2 Å². The van der Waals surface area contributed by atoms with Crippen molar-refractivity contribution in [1.82, 2.24) is 9.55 Å². The van der Waals surface area contributed by atoms with Gasteiger partial charge in [-0.25, -0.2) is 4.79 Å². The molecule has 3 rings (SSSR count). The van der Waals surface area contributed by atoms with Crippen molar-refractivity contribution in [2.24, 2.45) is 11.8 Å². The number of hydrogen-bond donors (Lipinski definition) is 2. The van der Waals surface area contributed by atoms with Gasteiger partial charge in [0.2, 0.25) is 0 Å². The first-order valence-electron chi connectivity index (χ1n) is 11.3. The molecule has 1 aliphatic carbocycles. The molecule has 1 amide bonds. The highest BCUT2D eigenvalue weighted by atomic mass is 32.1. The minimum absolute atomic E-state index is 0.0667. The van der Waals surface area contributed by atoms with Crippen molar-refractivity contribution in [3.05, 3.63) is 42.2 Å². The summed E-state index contributed by atoms with van der Waals surface area (Å²) in [6, 6.07) is 0. The van der Waals surface area contributed by atoms with Gasteiger partial charge in [0.15, 0.2) is 5.69 Å². The van der Waals surface area contributed by atoms with Crippen LogP contribution >= 0.6 is 11.3 Å². The molecule has 1 unspecified atom stereocenters. The molecule has 0 aliphatic heterocycles. The lowest BCUT2D eigenvalue weighted by molar-refractivity contribution is 0.0984. The lowest BCUT2D eigenvalue weighted by atomic mass is 9.88. The SMILES string of the molecule is CCCCn1c(N)c(N(CCC(C)C)C(=O)c2csc3c2CCC(C)C3)c(=O)[nH]c1=O. The van der Waals surface area contributed by atoms with Crippen LogP contribution in [0.15, 0.2) is 15.0 Å². The Bertz CT molecular complexity index is 1050. The fourth-order valence-electron chi connectivity index (χ4n) is 4.08. The maximum Gasteiger partial charge on any atom is 0.330 e. The molecule has 2 aromatic heterocycles. The van der Waals surface area contributed by atoms with Crippen LogP contribution in [0.3, 0.4) is 0 Å². The van der Waals surface area contributed by atoms with Crippen molar-refractivity contribution in [3.8, 4) is 0 Å². The Morgan fingerprint density at radius 1 is 1.39 bits per heavy atom. The standard InChI is InChI=1S/C23H34N4O3S/c1-5-6-10-27-20(24)19(21(28)25-23(27)30)26(11-9-14(2)3)22(29)17-13-31-18-12-15(4)7-8-16(17)18/h13-15H,5-12,24H2,1-4H3,(H,25,28,30). The lowest BCUT2D eigenvalue weighted by Crippen LogP contribution is -2.42. The number of anilines is 2. The van der Waals surface area contributed by atoms with Gasteiger partial charge in [-0.05, 0) is 49.5 Å². The number of nitrogens with one attached hydrogen (secondary N) is 1. The quantitative estimate of drug-likeness (QED) is 0.644. The van der Waals surface area contributed by atoms with E-state index in [1.165, 1.54) is 14.3 Å². The van der Waals surface area contributed by atoms with E-state index < -0.39 is 11.2 Å². The van der Waals surface area contributed by atoms with E-state index in [0.29, 0.717) is 30.5 Å². The predicted molar refractivity (Wildman–Crippen MR) is 127 cm³/mol. The molecule has 3 N–H and O–H groups in total. The second-order valence-electron chi connectivity index (χ2n) is 9.04. The van der Waals surface area contributed by atoms with Crippen molar-refractivity contribution >= 4 is 28.7 Å². The first-order chi connectivity index (χ1) is 14.7. The number of nitrogen functional groups attached to an aromatic ring is 1. The molecule has 0 saturated heterocycles. The largest absolute Gasteiger partial charge is 0.383 e. The van der Waals surface area contributed by atoms with Crippen molar-refractivity contribution in [3.63, 3.8) is 0 Å². The fraction of sp³-hybridized carbons (Fsp3) is 0.609. The number of aromatic amines is 1. The van der Waals surface area contributed by atoms with Gasteiger partial charge >= 0.3 is 5.69 Å². The smallest absolute Gasteiger partial charge is 0.330 e. The summed E-state index contributed by atoms with van der Waals surface area (Å²) in [5, 5.41) is 1.92. The Morgan fingerprint density at radius 3 is 2.81 bits per heavy atom. The van der Waals surface area contributed by atoms with E-state index in [4.69, 9.17) is 5.73 Å². The highest BCUT2D eigenvalue weighted by Crippen LogP contribution is 2.34. The normalized spacial score (nSPS) is 15.8. The number of unbranched alkanes of at least 4 members (excludes halogenated alkanes) is 1. The van der Waals surface area contributed by atoms with Crippen molar-refractivity contribution in [2.75, 3.05) is 17.2 Å². The van der Waals surface area contributed by atoms with Crippen LogP contribution in [0.25, 0.3) is 0 Å². The summed E-state index contributed by atoms with van der Waals surface area (Å²) >= 11 is 1.63. The first-order valence-corrected chi connectivity index (χ1v) is 12.2. The van der Waals surface area contributed by atoms with Crippen LogP contribution in [0.4, 0.5) is 11.5 Å². The molecule has 0 radical (unpaired) electrons. The van der Waals surface area contributed by atoms with Crippen LogP contribution in [-0.4, -0.2) is 22.0 Å². The van der Waals surface area contributed by atoms with Gasteiger partial charge in [0.05, 0.1) is 5.56 Å². The number of thiophene rings is 1. The molecular formula is C23H34N4O3S. The summed E-state index contributed by atoms with van der Waals surface area (Å²) in [5.41, 5.74) is 7.06. The van der Waals surface area contributed by atoms with Gasteiger partial charge in [-0.15, -0.1) is 11.3 Å². The number of nitrogens with zero attached hydrogens (tertiary/aromatic N) is 2. The number of rotatable bonds is 8. The molecule has 7 nitrogen and oxygen atoms in total. The van der Waals surface area contributed by atoms with Gasteiger partial charge in [-0.3, -0.25) is 19.1 Å². The number of carbonyl (C=O) groups is 1. The van der Waals surface area contributed by atoms with E-state index in [0.717, 1.165) is 44.1 Å². The minimum Gasteiger partial charge on any atom is -0.383 e. The van der Waals surface area contributed by atoms with E-state index in [2.05, 4.69) is 25.8 Å². The Kier molecular flexibility index (Phi) is 7.41. The third-order valence-electron chi connectivity index (χ3n) is 6.03. The van der Waals surface area contributed by atoms with Gasteiger partial charge in [0.25, 0.3) is 11.5 Å². The summed E-state index contributed by atoms with van der Waals surface area (Å²) in [7, 11) is 0. The molecule has 8 heteroatoms. The summed E-state index contributed by atoms with van der Waals surface area (Å²) in [6.45, 7) is 9.18. The number of fused-ring (bicyclic) bond motifs is 1. The number of amides is 1. The Morgan fingerprint density at radius 2 is 2.13 bits per heavy atom. The van der Waals surface area contributed by atoms with Crippen molar-refractivity contribution in [2.45, 2.75) is 72.8 Å². The summed E-state index contributed by atoms with van der Waals surface area (Å²) in [6.07, 6.45) is 5.29. The molecule has 2 aromatic rings. The first kappa shape index (κ1) is 23.3. The lowest BCUT2D eigenvalue weighted by Gasteiger charge is -2.26. The topological polar surface area (TPSA) is 101 Å². The van der Waals surface area contributed by atoms with E-state index in [9.17, 15) is 14.4 Å². The van der Waals surface area contributed by atoms with Gasteiger partial charge in [-0.2, -0.15) is 0 Å². The molecule has 1 aliphatic rings. The second-order valence-corrected chi connectivity index (χ2v) is 10.0. The number of H-pyrrole nitrogens is 1. The number of nitrogens with two attached hydrogens (primary N) is 1. The Labute approximate surface area is 187 Å². The molecule has 0 bridgehead atoms. The average molecular weight is 447 g/mol. The zero-order valence-electron chi connectivity index (χ0n) is 19.0. The zero-order valence-corrected chi connectivity index (χ0v) is 19.8. The number of hydrogen-bond acceptors (Lipinski definition) is 5. The highest BCUT2D eigenvalue weighted by Gasteiger charge is 2.30. The third kappa shape index (κ3) is 4.95. The van der Waals surface area contributed by atoms with Crippen molar-refractivity contribution < 1.29 is 4.79 Å². The van der Waals surface area contributed by atoms with Crippen LogP contribution in [0.2, 0.25) is 0 Å². The maximum atomic E-state index is 13.7. The van der Waals surface area contributed by atoms with Crippen LogP contribution in [0.5, 0.6) is 0 Å². The molecule has 1 atom stereocenters. The van der Waals surface area contributed by atoms with E-state index in [-0.39, 0.29) is 17.4 Å². The van der Waals surface area contributed by atoms with Gasteiger partial charge in [0.1, 0.15) is 5.82 Å². The molecule has 0 saturated carbocycles. The van der Waals surface area contributed by atoms with Crippen molar-refractivity contribution in [1.29, 1.82) is 0 Å². The van der Waals surface area contributed by atoms with Gasteiger partial charge in [-0.1, -0.05) is 34.1 Å². The average Bonchev–Trinajstić information content (AvgIpc) is 3.12. The monoisotopic (exact) mass is 446 g/mol. The highest BCUT2D eigenvalue weighted by molar-refractivity contribution is 7.10. The molecule has 0 fully saturated rings. The van der Waals surface area contributed by atoms with E-state index in [1.54, 1.807) is 11.3 Å². The molecule has 31 heavy (non-hydrogen) atoms. The summed E-state index contributed by atoms with van der Waals surface area (Å²) in [5.74, 6) is 0.827. The maximum absolute atomic E-state index is 13.7. The molecule has 0 aromatic carbocycles. The predicted octanol–water partition coefficient (Wildman–Crippen LogP) is 3.80. The molecule has 0 spiro atoms. The third-order valence-corrected chi connectivity index (χ3v) is 7.08. The Hall–Kier alpha value is -2.35. The van der Waals surface area contributed by atoms with E-state index in [1.807, 2.05) is 12.3 Å². The van der Waals surface area contributed by atoms with Crippen LogP contribution in [-0.2, 0) is 19.4 Å². The fourth-order valence-corrected chi connectivity index (χ4v) is 5.32. The number of carbonyl (C=O) groups excluding carboxylic acids is 1. The van der Waals surface area contributed by atoms with E-state index >= 15 is 0 Å². The van der Waals surface area contributed by atoms with Gasteiger partial charge in [0, 0.05) is 23.3 Å². The molecular weight excluding hydrogens is 412 g/mol. The summed E-state index contributed by atoms with van der Waals surface area (Å²) < 4.78 is 1.38. The Balaban J connectivity index is 2.07. The summed E-state index contributed by atoms with van der Waals surface area (Å²) in [4.78, 5) is 44.1. The number of aromatic nitrogens is 2. The van der Waals surface area contributed by atoms with Gasteiger partial charge < -0.3 is 10.6 Å².